The molecule has 2 aromatic carbocycles. The molecule has 1 heterocycles. The van der Waals surface area contributed by atoms with Gasteiger partial charge in [0.2, 0.25) is 0 Å². The summed E-state index contributed by atoms with van der Waals surface area (Å²) in [6, 6.07) is 7.81. The Hall–Kier alpha value is -1.74. The summed E-state index contributed by atoms with van der Waals surface area (Å²) in [6.45, 7) is 8.32. The Balaban J connectivity index is 2.35. The van der Waals surface area contributed by atoms with E-state index in [-0.39, 0.29) is 0 Å². The highest BCUT2D eigenvalue weighted by Gasteiger charge is 2.15. The van der Waals surface area contributed by atoms with Crippen molar-refractivity contribution in [2.75, 3.05) is 0 Å². The topological polar surface area (TPSA) is 40.5 Å². The molecule has 3 rings (SSSR count). The standard InChI is InChI=1S/C18H20O2S/c1-9(2)11-7-17-13(5-15(11)19)14-6-16(20)12(10(3)4)8-18(14)21-17/h5-10,19-20H,1-4H3. The summed E-state index contributed by atoms with van der Waals surface area (Å²) in [7, 11) is 0. The number of benzene rings is 2. The highest BCUT2D eigenvalue weighted by atomic mass is 32.1. The molecule has 0 fully saturated rings. The highest BCUT2D eigenvalue weighted by Crippen LogP contribution is 2.42. The number of fused-ring (bicyclic) bond motifs is 3. The molecule has 2 N–H and O–H groups in total. The molecule has 0 unspecified atom stereocenters. The SMILES string of the molecule is CC(C)c1cc2sc3cc(C(C)C)c(O)cc3c2cc1O. The fraction of sp³-hybridized carbons (Fsp3) is 0.333. The molecule has 0 aliphatic heterocycles. The summed E-state index contributed by atoms with van der Waals surface area (Å²) in [6.07, 6.45) is 0. The molecule has 21 heavy (non-hydrogen) atoms. The molecule has 0 spiro atoms. The minimum absolute atomic E-state index is 0.291. The van der Waals surface area contributed by atoms with Gasteiger partial charge in [0.1, 0.15) is 11.5 Å². The van der Waals surface area contributed by atoms with Crippen LogP contribution in [0.2, 0.25) is 0 Å². The van der Waals surface area contributed by atoms with Crippen molar-refractivity contribution < 1.29 is 10.2 Å². The molecular formula is C18H20O2S. The summed E-state index contributed by atoms with van der Waals surface area (Å²) in [5.74, 6) is 1.26. The van der Waals surface area contributed by atoms with Crippen LogP contribution in [0, 0.1) is 0 Å². The number of phenolic OH excluding ortho intramolecular Hbond substituents is 2. The molecule has 0 bridgehead atoms. The molecule has 3 heteroatoms. The van der Waals surface area contributed by atoms with Crippen LogP contribution < -0.4 is 0 Å². The molecule has 0 saturated carbocycles. The maximum absolute atomic E-state index is 10.2. The molecule has 0 saturated heterocycles. The highest BCUT2D eigenvalue weighted by molar-refractivity contribution is 7.25. The largest absolute Gasteiger partial charge is 0.508 e. The molecule has 3 aromatic rings. The number of rotatable bonds is 2. The van der Waals surface area contributed by atoms with Gasteiger partial charge in [-0.3, -0.25) is 0 Å². The predicted octanol–water partition coefficient (Wildman–Crippen LogP) is 5.71. The third-order valence-corrected chi connectivity index (χ3v) is 5.13. The first kappa shape index (κ1) is 14.2. The normalized spacial score (nSPS) is 12.1. The van der Waals surface area contributed by atoms with E-state index < -0.39 is 0 Å². The lowest BCUT2D eigenvalue weighted by atomic mass is 9.98. The van der Waals surface area contributed by atoms with Gasteiger partial charge in [0, 0.05) is 20.2 Å². The average molecular weight is 300 g/mol. The minimum Gasteiger partial charge on any atom is -0.508 e. The van der Waals surface area contributed by atoms with Crippen LogP contribution in [0.5, 0.6) is 11.5 Å². The second-order valence-electron chi connectivity index (χ2n) is 6.23. The first-order valence-electron chi connectivity index (χ1n) is 7.30. The molecule has 0 radical (unpaired) electrons. The van der Waals surface area contributed by atoms with Crippen LogP contribution in [-0.2, 0) is 0 Å². The van der Waals surface area contributed by atoms with Crippen LogP contribution in [0.4, 0.5) is 0 Å². The number of aromatic hydroxyl groups is 2. The van der Waals surface area contributed by atoms with Crippen molar-refractivity contribution in [1.82, 2.24) is 0 Å². The summed E-state index contributed by atoms with van der Waals surface area (Å²) in [4.78, 5) is 0. The number of phenols is 2. The maximum Gasteiger partial charge on any atom is 0.119 e. The first-order chi connectivity index (χ1) is 9.88. The lowest BCUT2D eigenvalue weighted by Crippen LogP contribution is -1.88. The van der Waals surface area contributed by atoms with Crippen LogP contribution in [0.15, 0.2) is 24.3 Å². The Morgan fingerprint density at radius 1 is 0.714 bits per heavy atom. The van der Waals surface area contributed by atoms with E-state index in [2.05, 4.69) is 39.8 Å². The Morgan fingerprint density at radius 3 is 1.43 bits per heavy atom. The molecular weight excluding hydrogens is 280 g/mol. The second-order valence-corrected chi connectivity index (χ2v) is 7.31. The maximum atomic E-state index is 10.2. The van der Waals surface area contributed by atoms with Crippen molar-refractivity contribution in [3.8, 4) is 11.5 Å². The Bertz CT molecular complexity index is 760. The lowest BCUT2D eigenvalue weighted by molar-refractivity contribution is 0.465. The summed E-state index contributed by atoms with van der Waals surface area (Å²) in [5.41, 5.74) is 1.95. The molecule has 110 valence electrons. The van der Waals surface area contributed by atoms with Gasteiger partial charge in [-0.15, -0.1) is 11.3 Å². The van der Waals surface area contributed by atoms with Gasteiger partial charge < -0.3 is 10.2 Å². The Labute approximate surface area is 128 Å². The van der Waals surface area contributed by atoms with Gasteiger partial charge in [0.15, 0.2) is 0 Å². The second kappa shape index (κ2) is 4.92. The summed E-state index contributed by atoms with van der Waals surface area (Å²) >= 11 is 1.72. The zero-order valence-electron chi connectivity index (χ0n) is 12.8. The number of hydrogen-bond donors (Lipinski definition) is 2. The van der Waals surface area contributed by atoms with Crippen molar-refractivity contribution in [2.45, 2.75) is 39.5 Å². The van der Waals surface area contributed by atoms with Crippen molar-refractivity contribution in [2.24, 2.45) is 0 Å². The zero-order valence-corrected chi connectivity index (χ0v) is 13.6. The number of hydrogen-bond acceptors (Lipinski definition) is 3. The monoisotopic (exact) mass is 300 g/mol. The predicted molar refractivity (Wildman–Crippen MR) is 90.8 cm³/mol. The Kier molecular flexibility index (Phi) is 3.33. The number of thiophene rings is 1. The van der Waals surface area contributed by atoms with Gasteiger partial charge in [0.25, 0.3) is 0 Å². The van der Waals surface area contributed by atoms with Crippen LogP contribution in [0.1, 0.15) is 50.7 Å². The molecule has 0 aliphatic rings. The van der Waals surface area contributed by atoms with E-state index in [0.29, 0.717) is 23.3 Å². The van der Waals surface area contributed by atoms with E-state index >= 15 is 0 Å². The van der Waals surface area contributed by atoms with Crippen molar-refractivity contribution in [1.29, 1.82) is 0 Å². The van der Waals surface area contributed by atoms with Gasteiger partial charge in [0.05, 0.1) is 0 Å². The van der Waals surface area contributed by atoms with Crippen molar-refractivity contribution in [3.63, 3.8) is 0 Å². The van der Waals surface area contributed by atoms with Crippen LogP contribution in [0.3, 0.4) is 0 Å². The Morgan fingerprint density at radius 2 is 1.10 bits per heavy atom. The molecule has 2 nitrogen and oxygen atoms in total. The van der Waals surface area contributed by atoms with Crippen molar-refractivity contribution in [3.05, 3.63) is 35.4 Å². The fourth-order valence-corrected chi connectivity index (χ4v) is 3.97. The quantitative estimate of drug-likeness (QED) is 0.636. The van der Waals surface area contributed by atoms with E-state index in [1.165, 1.54) is 0 Å². The molecule has 0 atom stereocenters. The van der Waals surface area contributed by atoms with Gasteiger partial charge >= 0.3 is 0 Å². The minimum atomic E-state index is 0.291. The van der Waals surface area contributed by atoms with Gasteiger partial charge in [-0.25, -0.2) is 0 Å². The van der Waals surface area contributed by atoms with E-state index in [1.807, 2.05) is 12.1 Å². The summed E-state index contributed by atoms with van der Waals surface area (Å²) in [5, 5.41) is 22.5. The third-order valence-electron chi connectivity index (χ3n) is 4.01. The van der Waals surface area contributed by atoms with Gasteiger partial charge in [-0.05, 0) is 47.2 Å². The van der Waals surface area contributed by atoms with Gasteiger partial charge in [-0.2, -0.15) is 0 Å². The zero-order chi connectivity index (χ0) is 15.3. The van der Waals surface area contributed by atoms with Crippen LogP contribution in [-0.4, -0.2) is 10.2 Å². The third kappa shape index (κ3) is 2.26. The summed E-state index contributed by atoms with van der Waals surface area (Å²) < 4.78 is 2.32. The van der Waals surface area contributed by atoms with Crippen molar-refractivity contribution >= 4 is 31.5 Å². The van der Waals surface area contributed by atoms with E-state index in [1.54, 1.807) is 11.3 Å². The van der Waals surface area contributed by atoms with E-state index in [4.69, 9.17) is 0 Å². The fourth-order valence-electron chi connectivity index (χ4n) is 2.80. The van der Waals surface area contributed by atoms with Crippen LogP contribution >= 0.6 is 11.3 Å². The molecule has 0 amide bonds. The van der Waals surface area contributed by atoms with Crippen LogP contribution in [0.25, 0.3) is 20.2 Å². The average Bonchev–Trinajstić information content (AvgIpc) is 2.73. The van der Waals surface area contributed by atoms with Gasteiger partial charge in [-0.1, -0.05) is 27.7 Å². The van der Waals surface area contributed by atoms with E-state index in [0.717, 1.165) is 31.3 Å². The van der Waals surface area contributed by atoms with E-state index in [9.17, 15) is 10.2 Å². The molecule has 0 aliphatic carbocycles. The first-order valence-corrected chi connectivity index (χ1v) is 8.12. The lowest BCUT2D eigenvalue weighted by Gasteiger charge is -2.09. The molecule has 1 aromatic heterocycles. The smallest absolute Gasteiger partial charge is 0.119 e.